The van der Waals surface area contributed by atoms with E-state index >= 15 is 0 Å². The first-order chi connectivity index (χ1) is 11.0. The van der Waals surface area contributed by atoms with Crippen LogP contribution in [0.3, 0.4) is 0 Å². The molecule has 0 spiro atoms. The van der Waals surface area contributed by atoms with E-state index in [9.17, 15) is 4.39 Å². The molecule has 23 heavy (non-hydrogen) atoms. The Morgan fingerprint density at radius 2 is 2.13 bits per heavy atom. The van der Waals surface area contributed by atoms with Gasteiger partial charge >= 0.3 is 0 Å². The van der Waals surface area contributed by atoms with Crippen molar-refractivity contribution in [2.75, 3.05) is 17.7 Å². The summed E-state index contributed by atoms with van der Waals surface area (Å²) >= 11 is 5.88. The summed E-state index contributed by atoms with van der Waals surface area (Å²) in [5.74, 6) is 0.0527. The van der Waals surface area contributed by atoms with Crippen LogP contribution in [0.5, 0.6) is 5.75 Å². The lowest BCUT2D eigenvalue weighted by Crippen LogP contribution is -2.39. The first-order valence-electron chi connectivity index (χ1n) is 7.07. The van der Waals surface area contributed by atoms with Crippen LogP contribution in [0, 0.1) is 5.82 Å². The molecule has 2 aromatic rings. The smallest absolute Gasteiger partial charge is 0.163 e. The summed E-state index contributed by atoms with van der Waals surface area (Å²) in [7, 11) is 0. The van der Waals surface area contributed by atoms with Crippen LogP contribution in [0.2, 0.25) is 5.02 Å². The van der Waals surface area contributed by atoms with Crippen molar-refractivity contribution in [3.63, 3.8) is 0 Å². The Morgan fingerprint density at radius 3 is 2.83 bits per heavy atom. The first-order valence-corrected chi connectivity index (χ1v) is 7.45. The molecule has 1 atom stereocenters. The molecule has 1 aliphatic heterocycles. The largest absolute Gasteiger partial charge is 0.492 e. The predicted molar refractivity (Wildman–Crippen MR) is 90.5 cm³/mol. The number of fused-ring (bicyclic) bond motifs is 1. The minimum atomic E-state index is -1.21. The molecule has 0 radical (unpaired) electrons. The molecule has 0 saturated heterocycles. The van der Waals surface area contributed by atoms with E-state index in [-0.39, 0.29) is 5.02 Å². The molecule has 5 N–H and O–H groups in total. The number of ether oxygens (including phenoxy) is 1. The van der Waals surface area contributed by atoms with Crippen LogP contribution in [-0.2, 0) is 5.66 Å². The van der Waals surface area contributed by atoms with Crippen molar-refractivity contribution < 1.29 is 9.13 Å². The maximum atomic E-state index is 13.4. The van der Waals surface area contributed by atoms with Crippen molar-refractivity contribution in [1.29, 1.82) is 0 Å². The highest BCUT2D eigenvalue weighted by Gasteiger charge is 2.34. The zero-order valence-electron chi connectivity index (χ0n) is 12.4. The number of nitrogens with one attached hydrogen (secondary N) is 1. The van der Waals surface area contributed by atoms with E-state index in [0.29, 0.717) is 29.2 Å². The lowest BCUT2D eigenvalue weighted by molar-refractivity contribution is 0.342. The van der Waals surface area contributed by atoms with Gasteiger partial charge in [-0.25, -0.2) is 9.38 Å². The molecule has 2 aromatic carbocycles. The van der Waals surface area contributed by atoms with Gasteiger partial charge in [-0.05, 0) is 25.1 Å². The lowest BCUT2D eigenvalue weighted by Gasteiger charge is -2.32. The van der Waals surface area contributed by atoms with Crippen LogP contribution in [-0.4, -0.2) is 12.9 Å². The number of rotatable bonds is 3. The van der Waals surface area contributed by atoms with Crippen molar-refractivity contribution >= 4 is 29.3 Å². The monoisotopic (exact) mass is 334 g/mol. The van der Waals surface area contributed by atoms with E-state index in [1.54, 1.807) is 18.2 Å². The van der Waals surface area contributed by atoms with Crippen LogP contribution in [0.15, 0.2) is 35.3 Å². The Kier molecular flexibility index (Phi) is 3.87. The van der Waals surface area contributed by atoms with Crippen LogP contribution >= 0.6 is 11.6 Å². The van der Waals surface area contributed by atoms with Crippen LogP contribution in [0.25, 0.3) is 0 Å². The second-order valence-electron chi connectivity index (χ2n) is 5.17. The van der Waals surface area contributed by atoms with Gasteiger partial charge in [0.2, 0.25) is 0 Å². The number of nitrogens with two attached hydrogens (primary N) is 2. The Bertz CT molecular complexity index is 796. The topological polar surface area (TPSA) is 85.7 Å². The van der Waals surface area contributed by atoms with Crippen LogP contribution in [0.4, 0.5) is 15.8 Å². The molecule has 1 aliphatic rings. The summed E-state index contributed by atoms with van der Waals surface area (Å²) in [6.45, 7) is 2.37. The molecule has 5 nitrogen and oxygen atoms in total. The summed E-state index contributed by atoms with van der Waals surface area (Å²) in [6, 6.07) is 7.77. The Morgan fingerprint density at radius 1 is 1.35 bits per heavy atom. The highest BCUT2D eigenvalue weighted by molar-refractivity contribution is 6.30. The van der Waals surface area contributed by atoms with Crippen molar-refractivity contribution in [2.24, 2.45) is 10.7 Å². The average molecular weight is 335 g/mol. The van der Waals surface area contributed by atoms with E-state index < -0.39 is 11.5 Å². The zero-order chi connectivity index (χ0) is 16.6. The summed E-state index contributed by atoms with van der Waals surface area (Å²) in [5.41, 5.74) is 13.7. The zero-order valence-corrected chi connectivity index (χ0v) is 13.2. The second-order valence-corrected chi connectivity index (χ2v) is 5.57. The molecule has 0 bridgehead atoms. The van der Waals surface area contributed by atoms with Gasteiger partial charge in [0.1, 0.15) is 11.6 Å². The molecular weight excluding hydrogens is 319 g/mol. The summed E-state index contributed by atoms with van der Waals surface area (Å²) in [4.78, 5) is 4.32. The molecule has 120 valence electrons. The third-order valence-corrected chi connectivity index (χ3v) is 4.00. The Hall–Kier alpha value is -2.31. The third-order valence-electron chi connectivity index (χ3n) is 3.71. The quantitative estimate of drug-likeness (QED) is 0.753. The fourth-order valence-corrected chi connectivity index (χ4v) is 2.73. The first kappa shape index (κ1) is 15.6. The Labute approximate surface area is 138 Å². The fraction of sp³-hybridized carbons (Fsp3) is 0.188. The van der Waals surface area contributed by atoms with E-state index in [2.05, 4.69) is 10.3 Å². The number of hydrogen-bond acceptors (Lipinski definition) is 5. The van der Waals surface area contributed by atoms with E-state index in [1.807, 2.05) is 6.92 Å². The summed E-state index contributed by atoms with van der Waals surface area (Å²) < 4.78 is 18.9. The second kappa shape index (κ2) is 5.72. The van der Waals surface area contributed by atoms with Crippen molar-refractivity contribution in [3.05, 3.63) is 52.3 Å². The molecule has 1 heterocycles. The van der Waals surface area contributed by atoms with Gasteiger partial charge in [0.05, 0.1) is 29.3 Å². The number of anilines is 2. The number of halogens is 2. The minimum absolute atomic E-state index is 0.0125. The van der Waals surface area contributed by atoms with Gasteiger partial charge in [-0.1, -0.05) is 17.7 Å². The number of aliphatic imine (C=N–C) groups is 1. The highest BCUT2D eigenvalue weighted by atomic mass is 35.5. The maximum absolute atomic E-state index is 13.4. The van der Waals surface area contributed by atoms with E-state index in [1.165, 1.54) is 18.5 Å². The fourth-order valence-electron chi connectivity index (χ4n) is 2.55. The number of benzene rings is 2. The Balaban J connectivity index is 2.15. The number of nitrogens with zero attached hydrogens (tertiary/aromatic N) is 1. The maximum Gasteiger partial charge on any atom is 0.163 e. The lowest BCUT2D eigenvalue weighted by atomic mass is 9.89. The van der Waals surface area contributed by atoms with Crippen molar-refractivity contribution in [3.8, 4) is 5.75 Å². The molecule has 0 aromatic heterocycles. The number of hydrogen-bond donors (Lipinski definition) is 3. The molecule has 3 rings (SSSR count). The van der Waals surface area contributed by atoms with Crippen LogP contribution < -0.4 is 21.5 Å². The van der Waals surface area contributed by atoms with Gasteiger partial charge in [-0.3, -0.25) is 5.73 Å². The molecule has 1 unspecified atom stereocenters. The SMILES string of the molecule is CCOc1cc2c(cc1N)C(N)(c1ccc(F)c(Cl)c1)N=CN2. The summed E-state index contributed by atoms with van der Waals surface area (Å²) in [5, 5.41) is 3.01. The molecule has 0 saturated carbocycles. The minimum Gasteiger partial charge on any atom is -0.492 e. The van der Waals surface area contributed by atoms with Crippen molar-refractivity contribution in [2.45, 2.75) is 12.6 Å². The third kappa shape index (κ3) is 2.60. The van der Waals surface area contributed by atoms with E-state index in [0.717, 1.165) is 5.69 Å². The normalized spacial score (nSPS) is 19.1. The molecular formula is C16H16ClFN4O. The highest BCUT2D eigenvalue weighted by Crippen LogP contribution is 2.41. The van der Waals surface area contributed by atoms with Crippen molar-refractivity contribution in [1.82, 2.24) is 0 Å². The molecule has 0 aliphatic carbocycles. The van der Waals surface area contributed by atoms with Gasteiger partial charge in [0.25, 0.3) is 0 Å². The molecule has 7 heteroatoms. The molecule has 0 amide bonds. The van der Waals surface area contributed by atoms with Gasteiger partial charge in [-0.15, -0.1) is 0 Å². The van der Waals surface area contributed by atoms with Gasteiger partial charge in [0.15, 0.2) is 5.66 Å². The van der Waals surface area contributed by atoms with Gasteiger partial charge in [-0.2, -0.15) is 0 Å². The average Bonchev–Trinajstić information content (AvgIpc) is 2.52. The van der Waals surface area contributed by atoms with Crippen LogP contribution in [0.1, 0.15) is 18.1 Å². The summed E-state index contributed by atoms with van der Waals surface area (Å²) in [6.07, 6.45) is 1.49. The number of nitrogen functional groups attached to an aromatic ring is 1. The standard InChI is InChI=1S/C16H16ClFN4O/c1-2-23-15-7-14-10(6-13(15)19)16(20,22-8-21-14)9-3-4-12(18)11(17)5-9/h3-8H,2,19-20H2,1H3,(H,21,22). The van der Waals surface area contributed by atoms with E-state index in [4.69, 9.17) is 27.8 Å². The molecule has 0 fully saturated rings. The van der Waals surface area contributed by atoms with Gasteiger partial charge in [0, 0.05) is 17.2 Å². The predicted octanol–water partition coefficient (Wildman–Crippen LogP) is 3.07. The van der Waals surface area contributed by atoms with Gasteiger partial charge < -0.3 is 15.8 Å².